The summed E-state index contributed by atoms with van der Waals surface area (Å²) >= 11 is 0. The average Bonchev–Trinajstić information content (AvgIpc) is 3.07. The van der Waals surface area contributed by atoms with Gasteiger partial charge in [0, 0.05) is 17.2 Å². The SMILES string of the molecule is O=C(O)c1cccc(-c2cc(C3CC3)[nH]n2)c1. The lowest BCUT2D eigenvalue weighted by molar-refractivity contribution is 0.0697. The molecule has 0 unspecified atom stereocenters. The van der Waals surface area contributed by atoms with E-state index in [0.29, 0.717) is 11.5 Å². The molecule has 1 heterocycles. The van der Waals surface area contributed by atoms with E-state index in [0.717, 1.165) is 17.0 Å². The summed E-state index contributed by atoms with van der Waals surface area (Å²) in [5.74, 6) is -0.288. The molecular formula is C13H12N2O2. The Morgan fingerprint density at radius 1 is 1.35 bits per heavy atom. The van der Waals surface area contributed by atoms with Gasteiger partial charge >= 0.3 is 5.97 Å². The van der Waals surface area contributed by atoms with Gasteiger partial charge in [0.2, 0.25) is 0 Å². The second kappa shape index (κ2) is 3.73. The van der Waals surface area contributed by atoms with E-state index in [9.17, 15) is 4.79 Å². The molecule has 2 aromatic rings. The topological polar surface area (TPSA) is 66.0 Å². The van der Waals surface area contributed by atoms with Crippen LogP contribution >= 0.6 is 0 Å². The molecule has 17 heavy (non-hydrogen) atoms. The molecule has 0 bridgehead atoms. The number of benzene rings is 1. The Hall–Kier alpha value is -2.10. The summed E-state index contributed by atoms with van der Waals surface area (Å²) in [7, 11) is 0. The Morgan fingerprint density at radius 3 is 2.88 bits per heavy atom. The molecule has 2 N–H and O–H groups in total. The minimum Gasteiger partial charge on any atom is -0.478 e. The van der Waals surface area contributed by atoms with Crippen molar-refractivity contribution in [2.45, 2.75) is 18.8 Å². The Morgan fingerprint density at radius 2 is 2.18 bits per heavy atom. The third kappa shape index (κ3) is 1.93. The van der Waals surface area contributed by atoms with E-state index in [2.05, 4.69) is 10.2 Å². The molecule has 0 spiro atoms. The summed E-state index contributed by atoms with van der Waals surface area (Å²) in [6.07, 6.45) is 2.44. The van der Waals surface area contributed by atoms with E-state index in [1.165, 1.54) is 12.8 Å². The fourth-order valence-corrected chi connectivity index (χ4v) is 1.90. The normalized spacial score (nSPS) is 14.8. The van der Waals surface area contributed by atoms with E-state index in [4.69, 9.17) is 5.11 Å². The number of hydrogen-bond acceptors (Lipinski definition) is 2. The number of aromatic carboxylic acids is 1. The second-order valence-corrected chi connectivity index (χ2v) is 4.37. The summed E-state index contributed by atoms with van der Waals surface area (Å²) < 4.78 is 0. The number of nitrogens with one attached hydrogen (secondary N) is 1. The van der Waals surface area contributed by atoms with E-state index < -0.39 is 5.97 Å². The van der Waals surface area contributed by atoms with E-state index in [-0.39, 0.29) is 0 Å². The van der Waals surface area contributed by atoms with Crippen molar-refractivity contribution in [2.75, 3.05) is 0 Å². The Bertz CT molecular complexity index is 570. The van der Waals surface area contributed by atoms with Crippen molar-refractivity contribution in [2.24, 2.45) is 0 Å². The third-order valence-corrected chi connectivity index (χ3v) is 3.02. The number of carboxylic acid groups (broad SMARTS) is 1. The molecule has 1 aromatic heterocycles. The first-order chi connectivity index (χ1) is 8.24. The van der Waals surface area contributed by atoms with Gasteiger partial charge in [-0.3, -0.25) is 5.10 Å². The first-order valence-corrected chi connectivity index (χ1v) is 5.63. The van der Waals surface area contributed by atoms with Crippen LogP contribution in [-0.4, -0.2) is 21.3 Å². The van der Waals surface area contributed by atoms with Crippen LogP contribution in [0.1, 0.15) is 34.8 Å². The number of hydrogen-bond donors (Lipinski definition) is 2. The first kappa shape index (κ1) is 10.1. The Labute approximate surface area is 98.3 Å². The van der Waals surface area contributed by atoms with Crippen LogP contribution in [0.2, 0.25) is 0 Å². The monoisotopic (exact) mass is 228 g/mol. The van der Waals surface area contributed by atoms with Gasteiger partial charge in [-0.15, -0.1) is 0 Å². The predicted molar refractivity (Wildman–Crippen MR) is 63.0 cm³/mol. The standard InChI is InChI=1S/C13H12N2O2/c16-13(17)10-3-1-2-9(6-10)12-7-11(14-15-12)8-4-5-8/h1-3,6-8H,4-5H2,(H,14,15)(H,16,17). The number of aromatic nitrogens is 2. The number of nitrogens with zero attached hydrogens (tertiary/aromatic N) is 1. The van der Waals surface area contributed by atoms with Gasteiger partial charge in [0.25, 0.3) is 0 Å². The summed E-state index contributed by atoms with van der Waals surface area (Å²) in [6.45, 7) is 0. The van der Waals surface area contributed by atoms with Crippen molar-refractivity contribution in [3.8, 4) is 11.3 Å². The first-order valence-electron chi connectivity index (χ1n) is 5.63. The number of aromatic amines is 1. The summed E-state index contributed by atoms with van der Waals surface area (Å²) in [6, 6.07) is 8.86. The summed E-state index contributed by atoms with van der Waals surface area (Å²) in [5.41, 5.74) is 3.10. The van der Waals surface area contributed by atoms with Gasteiger partial charge < -0.3 is 5.11 Å². The van der Waals surface area contributed by atoms with E-state index in [1.807, 2.05) is 12.1 Å². The van der Waals surface area contributed by atoms with Crippen LogP contribution < -0.4 is 0 Å². The number of H-pyrrole nitrogens is 1. The van der Waals surface area contributed by atoms with Crippen molar-refractivity contribution in [3.63, 3.8) is 0 Å². The van der Waals surface area contributed by atoms with Crippen molar-refractivity contribution < 1.29 is 9.90 Å². The fraction of sp³-hybridized carbons (Fsp3) is 0.231. The Balaban J connectivity index is 1.96. The van der Waals surface area contributed by atoms with Crippen LogP contribution in [0, 0.1) is 0 Å². The maximum absolute atomic E-state index is 10.9. The lowest BCUT2D eigenvalue weighted by Gasteiger charge is -1.98. The number of carboxylic acids is 1. The van der Waals surface area contributed by atoms with Crippen LogP contribution in [-0.2, 0) is 0 Å². The predicted octanol–water partition coefficient (Wildman–Crippen LogP) is 2.65. The third-order valence-electron chi connectivity index (χ3n) is 3.02. The van der Waals surface area contributed by atoms with Gasteiger partial charge in [0.05, 0.1) is 11.3 Å². The highest BCUT2D eigenvalue weighted by molar-refractivity contribution is 5.89. The zero-order valence-corrected chi connectivity index (χ0v) is 9.18. The summed E-state index contributed by atoms with van der Waals surface area (Å²) in [5, 5.41) is 16.2. The molecule has 1 fully saturated rings. The molecule has 3 rings (SSSR count). The number of rotatable bonds is 3. The zero-order valence-electron chi connectivity index (χ0n) is 9.18. The van der Waals surface area contributed by atoms with Gasteiger partial charge in [-0.1, -0.05) is 12.1 Å². The maximum Gasteiger partial charge on any atom is 0.335 e. The molecule has 1 aliphatic carbocycles. The van der Waals surface area contributed by atoms with Gasteiger partial charge in [0.15, 0.2) is 0 Å². The van der Waals surface area contributed by atoms with Gasteiger partial charge in [-0.25, -0.2) is 4.79 Å². The van der Waals surface area contributed by atoms with E-state index >= 15 is 0 Å². The highest BCUT2D eigenvalue weighted by Crippen LogP contribution is 2.39. The molecule has 0 saturated heterocycles. The Kier molecular flexibility index (Phi) is 2.21. The smallest absolute Gasteiger partial charge is 0.335 e. The molecule has 86 valence electrons. The minimum atomic E-state index is -0.912. The molecule has 4 nitrogen and oxygen atoms in total. The molecule has 1 aliphatic rings. The number of carbonyl (C=O) groups is 1. The van der Waals surface area contributed by atoms with Crippen molar-refractivity contribution in [1.82, 2.24) is 10.2 Å². The van der Waals surface area contributed by atoms with Gasteiger partial charge in [0.1, 0.15) is 0 Å². The summed E-state index contributed by atoms with van der Waals surface area (Å²) in [4.78, 5) is 10.9. The van der Waals surface area contributed by atoms with Crippen molar-refractivity contribution >= 4 is 5.97 Å². The highest BCUT2D eigenvalue weighted by atomic mass is 16.4. The fourth-order valence-electron chi connectivity index (χ4n) is 1.90. The molecule has 0 radical (unpaired) electrons. The largest absolute Gasteiger partial charge is 0.478 e. The molecule has 0 aliphatic heterocycles. The quantitative estimate of drug-likeness (QED) is 0.848. The molecule has 0 atom stereocenters. The van der Waals surface area contributed by atoms with Gasteiger partial charge in [-0.05, 0) is 31.0 Å². The lowest BCUT2D eigenvalue weighted by atomic mass is 10.1. The van der Waals surface area contributed by atoms with Crippen LogP contribution in [0.15, 0.2) is 30.3 Å². The van der Waals surface area contributed by atoms with Crippen molar-refractivity contribution in [1.29, 1.82) is 0 Å². The molecule has 1 saturated carbocycles. The minimum absolute atomic E-state index is 0.290. The lowest BCUT2D eigenvalue weighted by Crippen LogP contribution is -1.95. The molecule has 0 amide bonds. The van der Waals surface area contributed by atoms with Crippen LogP contribution in [0.3, 0.4) is 0 Å². The average molecular weight is 228 g/mol. The van der Waals surface area contributed by atoms with Crippen molar-refractivity contribution in [3.05, 3.63) is 41.6 Å². The van der Waals surface area contributed by atoms with Crippen LogP contribution in [0.5, 0.6) is 0 Å². The molecule has 1 aromatic carbocycles. The van der Waals surface area contributed by atoms with Crippen LogP contribution in [0.25, 0.3) is 11.3 Å². The second-order valence-electron chi connectivity index (χ2n) is 4.37. The van der Waals surface area contributed by atoms with Gasteiger partial charge in [-0.2, -0.15) is 5.10 Å². The molecule has 4 heteroatoms. The maximum atomic E-state index is 10.9. The highest BCUT2D eigenvalue weighted by Gasteiger charge is 2.25. The van der Waals surface area contributed by atoms with E-state index in [1.54, 1.807) is 18.2 Å². The zero-order chi connectivity index (χ0) is 11.8. The molecular weight excluding hydrogens is 216 g/mol. The van der Waals surface area contributed by atoms with Crippen LogP contribution in [0.4, 0.5) is 0 Å².